The van der Waals surface area contributed by atoms with Gasteiger partial charge in [-0.1, -0.05) is 19.3 Å². The van der Waals surface area contributed by atoms with Gasteiger partial charge in [-0.2, -0.15) is 0 Å². The molecule has 3 fully saturated rings. The smallest absolute Gasteiger partial charge is 0.0817 e. The molecule has 2 unspecified atom stereocenters. The highest BCUT2D eigenvalue weighted by atomic mass is 16.6. The SMILES string of the molecule is C1CCC2(CC1)CCC(COC1CCNC1)O2. The van der Waals surface area contributed by atoms with Crippen molar-refractivity contribution in [2.75, 3.05) is 19.7 Å². The first-order chi connectivity index (χ1) is 8.36. The van der Waals surface area contributed by atoms with Crippen LogP contribution in [0.25, 0.3) is 0 Å². The first kappa shape index (κ1) is 11.9. The summed E-state index contributed by atoms with van der Waals surface area (Å²) < 4.78 is 12.2. The van der Waals surface area contributed by atoms with Gasteiger partial charge in [0.15, 0.2) is 0 Å². The molecule has 98 valence electrons. The van der Waals surface area contributed by atoms with Gasteiger partial charge >= 0.3 is 0 Å². The van der Waals surface area contributed by atoms with Gasteiger partial charge in [-0.3, -0.25) is 0 Å². The molecular formula is C14H25NO2. The largest absolute Gasteiger partial charge is 0.374 e. The van der Waals surface area contributed by atoms with Gasteiger partial charge in [-0.15, -0.1) is 0 Å². The van der Waals surface area contributed by atoms with Crippen LogP contribution in [0.2, 0.25) is 0 Å². The summed E-state index contributed by atoms with van der Waals surface area (Å²) in [5.74, 6) is 0. The van der Waals surface area contributed by atoms with Crippen LogP contribution in [0.5, 0.6) is 0 Å². The molecule has 1 saturated carbocycles. The minimum Gasteiger partial charge on any atom is -0.374 e. The lowest BCUT2D eigenvalue weighted by Gasteiger charge is -2.33. The maximum absolute atomic E-state index is 6.30. The molecule has 2 aliphatic heterocycles. The summed E-state index contributed by atoms with van der Waals surface area (Å²) >= 11 is 0. The fourth-order valence-electron chi connectivity index (χ4n) is 3.59. The third-order valence-corrected chi connectivity index (χ3v) is 4.64. The van der Waals surface area contributed by atoms with Gasteiger partial charge < -0.3 is 14.8 Å². The highest BCUT2D eigenvalue weighted by Crippen LogP contribution is 2.41. The highest BCUT2D eigenvalue weighted by Gasteiger charge is 2.40. The lowest BCUT2D eigenvalue weighted by Crippen LogP contribution is -2.33. The van der Waals surface area contributed by atoms with Crippen molar-refractivity contribution in [3.05, 3.63) is 0 Å². The molecule has 0 aromatic carbocycles. The molecule has 0 aromatic heterocycles. The summed E-state index contributed by atoms with van der Waals surface area (Å²) in [5.41, 5.74) is 0.250. The van der Waals surface area contributed by atoms with Crippen molar-refractivity contribution in [2.45, 2.75) is 69.2 Å². The second-order valence-corrected chi connectivity index (χ2v) is 5.97. The van der Waals surface area contributed by atoms with Crippen LogP contribution in [0, 0.1) is 0 Å². The predicted molar refractivity (Wildman–Crippen MR) is 67.1 cm³/mol. The second-order valence-electron chi connectivity index (χ2n) is 5.97. The Kier molecular flexibility index (Phi) is 3.69. The van der Waals surface area contributed by atoms with E-state index in [9.17, 15) is 0 Å². The molecule has 2 heterocycles. The van der Waals surface area contributed by atoms with Gasteiger partial charge in [0.1, 0.15) is 0 Å². The molecule has 2 saturated heterocycles. The number of nitrogens with one attached hydrogen (secondary N) is 1. The molecule has 1 spiro atoms. The quantitative estimate of drug-likeness (QED) is 0.819. The molecule has 1 aliphatic carbocycles. The number of hydrogen-bond acceptors (Lipinski definition) is 3. The van der Waals surface area contributed by atoms with Gasteiger partial charge in [0.2, 0.25) is 0 Å². The zero-order valence-electron chi connectivity index (χ0n) is 10.7. The first-order valence-electron chi connectivity index (χ1n) is 7.36. The minimum atomic E-state index is 0.250. The standard InChI is InChI=1S/C14H25NO2/c1-2-6-14(7-3-1)8-4-13(17-14)11-16-12-5-9-15-10-12/h12-13,15H,1-11H2. The van der Waals surface area contributed by atoms with Crippen molar-refractivity contribution in [3.8, 4) is 0 Å². The van der Waals surface area contributed by atoms with E-state index in [2.05, 4.69) is 5.32 Å². The molecular weight excluding hydrogens is 214 g/mol. The molecule has 0 radical (unpaired) electrons. The molecule has 17 heavy (non-hydrogen) atoms. The van der Waals surface area contributed by atoms with Crippen molar-refractivity contribution >= 4 is 0 Å². The molecule has 3 heteroatoms. The minimum absolute atomic E-state index is 0.250. The Labute approximate surface area is 104 Å². The van der Waals surface area contributed by atoms with Crippen LogP contribution >= 0.6 is 0 Å². The van der Waals surface area contributed by atoms with Crippen molar-refractivity contribution in [1.29, 1.82) is 0 Å². The van der Waals surface area contributed by atoms with Crippen LogP contribution < -0.4 is 5.32 Å². The van der Waals surface area contributed by atoms with Gasteiger partial charge in [0, 0.05) is 6.54 Å². The van der Waals surface area contributed by atoms with Crippen LogP contribution in [0.4, 0.5) is 0 Å². The molecule has 1 N–H and O–H groups in total. The maximum Gasteiger partial charge on any atom is 0.0817 e. The summed E-state index contributed by atoms with van der Waals surface area (Å²) in [5, 5.41) is 3.34. The van der Waals surface area contributed by atoms with E-state index in [0.29, 0.717) is 12.2 Å². The third-order valence-electron chi connectivity index (χ3n) is 4.64. The third kappa shape index (κ3) is 2.83. The fourth-order valence-corrected chi connectivity index (χ4v) is 3.59. The van der Waals surface area contributed by atoms with E-state index in [4.69, 9.17) is 9.47 Å². The monoisotopic (exact) mass is 239 g/mol. The van der Waals surface area contributed by atoms with Gasteiger partial charge in [0.25, 0.3) is 0 Å². The molecule has 2 atom stereocenters. The Morgan fingerprint density at radius 3 is 2.76 bits per heavy atom. The number of ether oxygens (including phenoxy) is 2. The van der Waals surface area contributed by atoms with Gasteiger partial charge in [-0.05, 0) is 38.6 Å². The van der Waals surface area contributed by atoms with Crippen molar-refractivity contribution in [2.24, 2.45) is 0 Å². The van der Waals surface area contributed by atoms with Gasteiger partial charge in [0.05, 0.1) is 24.4 Å². The predicted octanol–water partition coefficient (Wildman–Crippen LogP) is 2.25. The Balaban J connectivity index is 1.43. The van der Waals surface area contributed by atoms with Crippen molar-refractivity contribution in [3.63, 3.8) is 0 Å². The highest BCUT2D eigenvalue weighted by molar-refractivity contribution is 4.91. The summed E-state index contributed by atoms with van der Waals surface area (Å²) in [4.78, 5) is 0. The average Bonchev–Trinajstić information content (AvgIpc) is 2.98. The molecule has 3 rings (SSSR count). The zero-order valence-corrected chi connectivity index (χ0v) is 10.7. The van der Waals surface area contributed by atoms with E-state index >= 15 is 0 Å². The van der Waals surface area contributed by atoms with Crippen molar-refractivity contribution in [1.82, 2.24) is 5.32 Å². The summed E-state index contributed by atoms with van der Waals surface area (Å²) in [6, 6.07) is 0. The average molecular weight is 239 g/mol. The molecule has 0 amide bonds. The Morgan fingerprint density at radius 2 is 2.00 bits per heavy atom. The fraction of sp³-hybridized carbons (Fsp3) is 1.00. The lowest BCUT2D eigenvalue weighted by molar-refractivity contribution is -0.0962. The van der Waals surface area contributed by atoms with E-state index in [1.54, 1.807) is 0 Å². The normalized spacial score (nSPS) is 36.7. The second kappa shape index (κ2) is 5.25. The van der Waals surface area contributed by atoms with Crippen LogP contribution in [-0.2, 0) is 9.47 Å². The molecule has 3 aliphatic rings. The van der Waals surface area contributed by atoms with E-state index in [1.807, 2.05) is 0 Å². The van der Waals surface area contributed by atoms with E-state index in [0.717, 1.165) is 26.1 Å². The lowest BCUT2D eigenvalue weighted by atomic mass is 9.83. The van der Waals surface area contributed by atoms with Crippen molar-refractivity contribution < 1.29 is 9.47 Å². The molecule has 0 aromatic rings. The summed E-state index contributed by atoms with van der Waals surface area (Å²) in [6.45, 7) is 2.95. The van der Waals surface area contributed by atoms with Crippen LogP contribution in [0.3, 0.4) is 0 Å². The Morgan fingerprint density at radius 1 is 1.12 bits per heavy atom. The van der Waals surface area contributed by atoms with E-state index in [1.165, 1.54) is 44.9 Å². The van der Waals surface area contributed by atoms with Crippen LogP contribution in [0.15, 0.2) is 0 Å². The van der Waals surface area contributed by atoms with Gasteiger partial charge in [-0.25, -0.2) is 0 Å². The Bertz CT molecular complexity index is 245. The van der Waals surface area contributed by atoms with Crippen LogP contribution in [0.1, 0.15) is 51.4 Å². The number of rotatable bonds is 3. The molecule has 3 nitrogen and oxygen atoms in total. The number of hydrogen-bond donors (Lipinski definition) is 1. The topological polar surface area (TPSA) is 30.5 Å². The van der Waals surface area contributed by atoms with Crippen LogP contribution in [-0.4, -0.2) is 37.5 Å². The maximum atomic E-state index is 6.30. The first-order valence-corrected chi connectivity index (χ1v) is 7.36. The Hall–Kier alpha value is -0.120. The summed E-state index contributed by atoms with van der Waals surface area (Å²) in [6.07, 6.45) is 11.1. The molecule has 0 bridgehead atoms. The van der Waals surface area contributed by atoms with E-state index < -0.39 is 0 Å². The summed E-state index contributed by atoms with van der Waals surface area (Å²) in [7, 11) is 0. The van der Waals surface area contributed by atoms with E-state index in [-0.39, 0.29) is 5.60 Å². The zero-order chi connectivity index (χ0) is 11.6.